The van der Waals surface area contributed by atoms with Crippen LogP contribution in [-0.2, 0) is 9.53 Å². The van der Waals surface area contributed by atoms with Gasteiger partial charge in [0, 0.05) is 11.6 Å². The van der Waals surface area contributed by atoms with E-state index in [0.717, 1.165) is 28.8 Å². The largest absolute Gasteiger partial charge is 0.464 e. The van der Waals surface area contributed by atoms with E-state index in [1.165, 1.54) is 0 Å². The van der Waals surface area contributed by atoms with Crippen LogP contribution in [0.2, 0.25) is 0 Å². The average Bonchev–Trinajstić information content (AvgIpc) is 3.28. The van der Waals surface area contributed by atoms with Gasteiger partial charge in [-0.3, -0.25) is 4.99 Å². The van der Waals surface area contributed by atoms with Crippen LogP contribution in [-0.4, -0.2) is 23.8 Å². The molecule has 1 heterocycles. The molecule has 0 saturated heterocycles. The maximum absolute atomic E-state index is 13.4. The Balaban J connectivity index is 1.82. The lowest BCUT2D eigenvalue weighted by Gasteiger charge is -2.31. The molecule has 0 unspecified atom stereocenters. The van der Waals surface area contributed by atoms with Crippen LogP contribution in [0.1, 0.15) is 42.4 Å². The highest BCUT2D eigenvalue weighted by molar-refractivity contribution is 6.05. The van der Waals surface area contributed by atoms with E-state index in [4.69, 9.17) is 9.73 Å². The van der Waals surface area contributed by atoms with Crippen LogP contribution in [0.5, 0.6) is 0 Å². The quantitative estimate of drug-likeness (QED) is 0.444. The molecule has 31 heavy (non-hydrogen) atoms. The summed E-state index contributed by atoms with van der Waals surface area (Å²) in [7, 11) is 0. The molecule has 4 rings (SSSR count). The maximum atomic E-state index is 13.4. The molecule has 3 aromatic carbocycles. The third-order valence-electron chi connectivity index (χ3n) is 5.77. The van der Waals surface area contributed by atoms with Gasteiger partial charge in [0.15, 0.2) is 5.54 Å². The van der Waals surface area contributed by atoms with Gasteiger partial charge in [-0.25, -0.2) is 4.79 Å². The molecule has 3 aromatic rings. The van der Waals surface area contributed by atoms with Crippen LogP contribution < -0.4 is 0 Å². The van der Waals surface area contributed by atoms with Crippen molar-refractivity contribution in [1.29, 1.82) is 0 Å². The van der Waals surface area contributed by atoms with E-state index in [1.54, 1.807) is 0 Å². The summed E-state index contributed by atoms with van der Waals surface area (Å²) in [5, 5.41) is 0. The highest BCUT2D eigenvalue weighted by Gasteiger charge is 2.49. The first kappa shape index (κ1) is 20.8. The van der Waals surface area contributed by atoms with Gasteiger partial charge in [-0.1, -0.05) is 103 Å². The third-order valence-corrected chi connectivity index (χ3v) is 5.77. The summed E-state index contributed by atoms with van der Waals surface area (Å²) in [5.74, 6) is -0.485. The molecule has 3 heteroatoms. The Hall–Kier alpha value is -3.46. The van der Waals surface area contributed by atoms with Crippen LogP contribution >= 0.6 is 0 Å². The van der Waals surface area contributed by atoms with Gasteiger partial charge in [-0.05, 0) is 36.5 Å². The molecule has 0 N–H and O–H groups in total. The van der Waals surface area contributed by atoms with Crippen LogP contribution in [0.4, 0.5) is 0 Å². The Labute approximate surface area is 184 Å². The normalized spacial score (nSPS) is 19.2. The first-order chi connectivity index (χ1) is 15.2. The van der Waals surface area contributed by atoms with E-state index in [-0.39, 0.29) is 11.9 Å². The summed E-state index contributed by atoms with van der Waals surface area (Å²) >= 11 is 0. The van der Waals surface area contributed by atoms with E-state index in [0.29, 0.717) is 13.0 Å². The fourth-order valence-corrected chi connectivity index (χ4v) is 4.23. The first-order valence-corrected chi connectivity index (χ1v) is 10.8. The summed E-state index contributed by atoms with van der Waals surface area (Å²) in [5.41, 5.74) is 3.19. The van der Waals surface area contributed by atoms with Gasteiger partial charge >= 0.3 is 5.97 Å². The zero-order valence-electron chi connectivity index (χ0n) is 17.8. The summed E-state index contributed by atoms with van der Waals surface area (Å²) in [6.45, 7) is 2.18. The van der Waals surface area contributed by atoms with Crippen molar-refractivity contribution in [2.45, 2.75) is 31.2 Å². The zero-order valence-corrected chi connectivity index (χ0v) is 17.8. The summed E-state index contributed by atoms with van der Waals surface area (Å²) < 4.78 is 5.59. The number of ether oxygens (including phenoxy) is 1. The number of rotatable bonds is 7. The lowest BCUT2D eigenvalue weighted by molar-refractivity contribution is -0.150. The molecule has 0 amide bonds. The molecule has 1 aliphatic heterocycles. The van der Waals surface area contributed by atoms with Crippen molar-refractivity contribution in [2.24, 2.45) is 4.99 Å². The number of nitrogens with zero attached hydrogens (tertiary/aromatic N) is 1. The van der Waals surface area contributed by atoms with Crippen molar-refractivity contribution in [2.75, 3.05) is 6.61 Å². The second kappa shape index (κ2) is 9.57. The van der Waals surface area contributed by atoms with E-state index in [9.17, 15) is 4.79 Å². The Morgan fingerprint density at radius 2 is 1.58 bits per heavy atom. The number of esters is 1. The topological polar surface area (TPSA) is 38.7 Å². The minimum absolute atomic E-state index is 0.228. The van der Waals surface area contributed by atoms with E-state index in [2.05, 4.69) is 48.6 Å². The summed E-state index contributed by atoms with van der Waals surface area (Å²) in [6.07, 6.45) is 5.55. The highest BCUT2D eigenvalue weighted by Crippen LogP contribution is 2.43. The number of aliphatic imine (C=N–C) groups is 1. The number of benzene rings is 3. The predicted molar refractivity (Wildman–Crippen MR) is 126 cm³/mol. The summed E-state index contributed by atoms with van der Waals surface area (Å²) in [4.78, 5) is 18.5. The van der Waals surface area contributed by atoms with E-state index in [1.807, 2.05) is 61.5 Å². The highest BCUT2D eigenvalue weighted by atomic mass is 16.5. The number of hydrogen-bond donors (Lipinski definition) is 0. The minimum atomic E-state index is -0.978. The van der Waals surface area contributed by atoms with Crippen LogP contribution in [0.15, 0.2) is 102 Å². The monoisotopic (exact) mass is 409 g/mol. The Morgan fingerprint density at radius 3 is 2.23 bits per heavy atom. The molecule has 0 spiro atoms. The maximum Gasteiger partial charge on any atom is 0.334 e. The Bertz CT molecular complexity index is 1060. The molecular weight excluding hydrogens is 382 g/mol. The van der Waals surface area contributed by atoms with E-state index >= 15 is 0 Å². The molecule has 0 aliphatic carbocycles. The molecule has 0 saturated carbocycles. The van der Waals surface area contributed by atoms with Crippen LogP contribution in [0, 0.1) is 0 Å². The fraction of sp³-hybridized carbons (Fsp3) is 0.214. The van der Waals surface area contributed by atoms with Gasteiger partial charge in [0.05, 0.1) is 6.61 Å². The molecule has 2 atom stereocenters. The van der Waals surface area contributed by atoms with Crippen molar-refractivity contribution in [3.8, 4) is 0 Å². The summed E-state index contributed by atoms with van der Waals surface area (Å²) in [6, 6.07) is 30.4. The second-order valence-electron chi connectivity index (χ2n) is 7.73. The lowest BCUT2D eigenvalue weighted by Crippen LogP contribution is -2.42. The number of hydrogen-bond acceptors (Lipinski definition) is 3. The van der Waals surface area contributed by atoms with Gasteiger partial charge in [0.2, 0.25) is 0 Å². The van der Waals surface area contributed by atoms with Crippen molar-refractivity contribution in [3.05, 3.63) is 114 Å². The van der Waals surface area contributed by atoms with Gasteiger partial charge in [-0.15, -0.1) is 0 Å². The molecule has 0 aromatic heterocycles. The fourth-order valence-electron chi connectivity index (χ4n) is 4.23. The molecule has 0 radical (unpaired) electrons. The molecule has 1 aliphatic rings. The second-order valence-corrected chi connectivity index (χ2v) is 7.73. The van der Waals surface area contributed by atoms with Gasteiger partial charge in [-0.2, -0.15) is 0 Å². The molecule has 0 bridgehead atoms. The minimum Gasteiger partial charge on any atom is -0.464 e. The van der Waals surface area contributed by atoms with Crippen molar-refractivity contribution < 1.29 is 9.53 Å². The number of carbonyl (C=O) groups is 1. The standard InChI is InChI=1S/C28H27NO2/c1-2-31-27(30)28(21-20-26(29-28)24-16-10-5-11-17-24)25(23-14-8-4-9-15-23)19-18-22-12-6-3-7-13-22/h3-19,25H,2,20-21H2,1H3/b19-18+/t25-,28+/m1/s1. The van der Waals surface area contributed by atoms with Crippen molar-refractivity contribution >= 4 is 17.8 Å². The van der Waals surface area contributed by atoms with Crippen molar-refractivity contribution in [3.63, 3.8) is 0 Å². The number of carbonyl (C=O) groups excluding carboxylic acids is 1. The average molecular weight is 410 g/mol. The third kappa shape index (κ3) is 4.51. The van der Waals surface area contributed by atoms with Gasteiger partial charge in [0.1, 0.15) is 0 Å². The molecule has 3 nitrogen and oxygen atoms in total. The SMILES string of the molecule is CCOC(=O)[C@@]1([C@H](/C=C/c2ccccc2)c2ccccc2)CCC(c2ccccc2)=N1. The molecule has 156 valence electrons. The van der Waals surface area contributed by atoms with Gasteiger partial charge < -0.3 is 4.74 Å². The molecule has 0 fully saturated rings. The smallest absolute Gasteiger partial charge is 0.334 e. The van der Waals surface area contributed by atoms with Crippen LogP contribution in [0.25, 0.3) is 6.08 Å². The van der Waals surface area contributed by atoms with E-state index < -0.39 is 5.54 Å². The van der Waals surface area contributed by atoms with Crippen LogP contribution in [0.3, 0.4) is 0 Å². The zero-order chi connectivity index (χ0) is 21.5. The lowest BCUT2D eigenvalue weighted by atomic mass is 9.77. The van der Waals surface area contributed by atoms with Crippen molar-refractivity contribution in [1.82, 2.24) is 0 Å². The first-order valence-electron chi connectivity index (χ1n) is 10.8. The Morgan fingerprint density at radius 1 is 0.968 bits per heavy atom. The van der Waals surface area contributed by atoms with Gasteiger partial charge in [0.25, 0.3) is 0 Å². The Kier molecular flexibility index (Phi) is 6.42. The molecular formula is C28H27NO2. The predicted octanol–water partition coefficient (Wildman–Crippen LogP) is 6.07.